The lowest BCUT2D eigenvalue weighted by Crippen LogP contribution is -2.55. The van der Waals surface area contributed by atoms with Gasteiger partial charge in [0.1, 0.15) is 23.4 Å². The Morgan fingerprint density at radius 2 is 1.83 bits per heavy atom. The molecule has 9 nitrogen and oxygen atoms in total. The van der Waals surface area contributed by atoms with Crippen LogP contribution in [0.15, 0.2) is 66.7 Å². The van der Waals surface area contributed by atoms with E-state index < -0.39 is 8.07 Å². The van der Waals surface area contributed by atoms with Crippen LogP contribution in [0.5, 0.6) is 17.2 Å². The number of carbonyl (C=O) groups is 2. The molecule has 1 saturated heterocycles. The number of fused-ring (bicyclic) bond motifs is 2. The van der Waals surface area contributed by atoms with Crippen LogP contribution in [0.1, 0.15) is 37.9 Å². The van der Waals surface area contributed by atoms with Crippen LogP contribution < -0.4 is 24.3 Å². The van der Waals surface area contributed by atoms with Gasteiger partial charge in [-0.15, -0.1) is 0 Å². The number of rotatable bonds is 9. The highest BCUT2D eigenvalue weighted by Gasteiger charge is 2.49. The van der Waals surface area contributed by atoms with Gasteiger partial charge in [0.2, 0.25) is 5.91 Å². The summed E-state index contributed by atoms with van der Waals surface area (Å²) in [4.78, 5) is 30.6. The maximum Gasteiger partial charge on any atom is 0.269 e. The lowest BCUT2D eigenvalue weighted by atomic mass is 9.86. The third-order valence-corrected chi connectivity index (χ3v) is 14.4. The van der Waals surface area contributed by atoms with E-state index in [4.69, 9.17) is 18.9 Å². The molecule has 3 heterocycles. The fourth-order valence-corrected chi connectivity index (χ4v) is 10.9. The van der Waals surface area contributed by atoms with Crippen molar-refractivity contribution >= 4 is 36.4 Å². The van der Waals surface area contributed by atoms with E-state index in [1.165, 1.54) is 5.19 Å². The Kier molecular flexibility index (Phi) is 9.14. The number of methoxy groups -OCH3 is 2. The zero-order valence-electron chi connectivity index (χ0n) is 27.3. The second-order valence-electron chi connectivity index (χ2n) is 13.1. The van der Waals surface area contributed by atoms with E-state index in [0.29, 0.717) is 30.2 Å². The molecule has 1 fully saturated rings. The first-order valence-electron chi connectivity index (χ1n) is 16.1. The molecule has 5 atom stereocenters. The van der Waals surface area contributed by atoms with Crippen molar-refractivity contribution in [2.45, 2.75) is 63.1 Å². The molecular weight excluding hydrogens is 600 g/mol. The first-order chi connectivity index (χ1) is 22.2. The highest BCUT2D eigenvalue weighted by atomic mass is 28.3. The van der Waals surface area contributed by atoms with E-state index in [9.17, 15) is 14.7 Å². The molecule has 244 valence electrons. The van der Waals surface area contributed by atoms with Crippen molar-refractivity contribution in [3.05, 3.63) is 72.3 Å². The Hall–Kier alpha value is -3.86. The molecule has 0 bridgehead atoms. The fourth-order valence-electron chi connectivity index (χ4n) is 7.57. The van der Waals surface area contributed by atoms with Crippen LogP contribution in [0.4, 0.5) is 11.4 Å². The number of amides is 2. The number of aliphatic hydroxyl groups is 1. The average molecular weight is 645 g/mol. The Bertz CT molecular complexity index is 1580. The quantitative estimate of drug-likeness (QED) is 0.320. The summed E-state index contributed by atoms with van der Waals surface area (Å²) in [6.07, 6.45) is 1.40. The molecule has 10 heteroatoms. The van der Waals surface area contributed by atoms with Gasteiger partial charge in [-0.2, -0.15) is 0 Å². The van der Waals surface area contributed by atoms with Crippen molar-refractivity contribution in [1.82, 2.24) is 4.90 Å². The molecule has 0 spiro atoms. The molecule has 0 aromatic heterocycles. The van der Waals surface area contributed by atoms with Crippen molar-refractivity contribution in [3.63, 3.8) is 0 Å². The lowest BCUT2D eigenvalue weighted by Gasteiger charge is -2.46. The number of likely N-dealkylation sites (tertiary alicyclic amines) is 1. The standard InChI is InChI=1S/C36H44N2O7Si/c1-23-35(43-3)28-19-24(38-29-10-6-7-11-31(29)44-22-34(38)41)12-17-30(28)45-36(23)32(20-33(40)37-18-8-9-25(37)21-39)46(4,5)27-15-13-26(42-2)14-16-27/h6-7,10-17,19,23,25,32,35-36,39H,8-9,18,20-22H2,1-5H3/t23-,25+,32?,35-,36-/m1/s1. The van der Waals surface area contributed by atoms with Gasteiger partial charge in [-0.3, -0.25) is 14.5 Å². The molecular formula is C36H44N2O7Si. The van der Waals surface area contributed by atoms with Crippen LogP contribution in [-0.4, -0.2) is 76.0 Å². The van der Waals surface area contributed by atoms with Gasteiger partial charge < -0.3 is 29.0 Å². The van der Waals surface area contributed by atoms with E-state index in [0.717, 1.165) is 29.8 Å². The Balaban J connectivity index is 1.37. The Morgan fingerprint density at radius 1 is 1.07 bits per heavy atom. The third-order valence-electron chi connectivity index (χ3n) is 10.2. The van der Waals surface area contributed by atoms with Crippen LogP contribution in [-0.2, 0) is 14.3 Å². The molecule has 1 unspecified atom stereocenters. The van der Waals surface area contributed by atoms with Crippen molar-refractivity contribution in [2.75, 3.05) is 38.9 Å². The smallest absolute Gasteiger partial charge is 0.269 e. The highest BCUT2D eigenvalue weighted by molar-refractivity contribution is 6.91. The molecule has 2 amide bonds. The van der Waals surface area contributed by atoms with Crippen molar-refractivity contribution in [2.24, 2.45) is 5.92 Å². The summed E-state index contributed by atoms with van der Waals surface area (Å²) in [7, 11) is 0.982. The average Bonchev–Trinajstić information content (AvgIpc) is 3.56. The van der Waals surface area contributed by atoms with E-state index in [1.54, 1.807) is 19.1 Å². The number of benzene rings is 3. The summed E-state index contributed by atoms with van der Waals surface area (Å²) in [5.74, 6) is 1.95. The zero-order valence-corrected chi connectivity index (χ0v) is 28.3. The first kappa shape index (κ1) is 32.1. The molecule has 6 rings (SSSR count). The minimum Gasteiger partial charge on any atom is -0.497 e. The van der Waals surface area contributed by atoms with Crippen LogP contribution in [0, 0.1) is 5.92 Å². The molecule has 0 aliphatic carbocycles. The van der Waals surface area contributed by atoms with Crippen molar-refractivity contribution in [3.8, 4) is 17.2 Å². The van der Waals surface area contributed by atoms with Gasteiger partial charge >= 0.3 is 0 Å². The monoisotopic (exact) mass is 644 g/mol. The number of para-hydroxylation sites is 2. The maximum absolute atomic E-state index is 14.0. The van der Waals surface area contributed by atoms with E-state index in [-0.39, 0.29) is 54.7 Å². The SMILES string of the molecule is COc1ccc([Si](C)(C)C(CC(=O)N2CCC[C@H]2CO)[C@@H]2Oc3ccc(N4C(=O)COc5ccccc54)cc3[C@H](OC)[C@H]2C)cc1. The van der Waals surface area contributed by atoms with Gasteiger partial charge in [0.25, 0.3) is 5.91 Å². The molecule has 46 heavy (non-hydrogen) atoms. The highest BCUT2D eigenvalue weighted by Crippen LogP contribution is 2.49. The van der Waals surface area contributed by atoms with Crippen molar-refractivity contribution in [1.29, 1.82) is 0 Å². The van der Waals surface area contributed by atoms with Crippen LogP contribution >= 0.6 is 0 Å². The molecule has 3 aliphatic heterocycles. The van der Waals surface area contributed by atoms with Gasteiger partial charge in [-0.25, -0.2) is 0 Å². The summed E-state index contributed by atoms with van der Waals surface area (Å²) in [6.45, 7) is 7.34. The van der Waals surface area contributed by atoms with E-state index in [2.05, 4.69) is 32.2 Å². The molecule has 1 N–H and O–H groups in total. The van der Waals surface area contributed by atoms with E-state index in [1.807, 2.05) is 59.5 Å². The zero-order chi connectivity index (χ0) is 32.6. The van der Waals surface area contributed by atoms with Gasteiger partial charge in [-0.1, -0.05) is 49.5 Å². The summed E-state index contributed by atoms with van der Waals surface area (Å²) >= 11 is 0. The van der Waals surface area contributed by atoms with Crippen LogP contribution in [0.25, 0.3) is 0 Å². The maximum atomic E-state index is 14.0. The fraction of sp³-hybridized carbons (Fsp3) is 0.444. The molecule has 3 aliphatic rings. The predicted molar refractivity (Wildman–Crippen MR) is 179 cm³/mol. The molecule has 0 saturated carbocycles. The van der Waals surface area contributed by atoms with E-state index >= 15 is 0 Å². The third kappa shape index (κ3) is 5.78. The lowest BCUT2D eigenvalue weighted by molar-refractivity contribution is -0.133. The largest absolute Gasteiger partial charge is 0.497 e. The summed E-state index contributed by atoms with van der Waals surface area (Å²) in [5.41, 5.74) is 2.19. The minimum atomic E-state index is -2.38. The molecule has 0 radical (unpaired) electrons. The van der Waals surface area contributed by atoms with Crippen LogP contribution in [0.2, 0.25) is 18.6 Å². The number of aliphatic hydroxyl groups excluding tert-OH is 1. The predicted octanol–water partition coefficient (Wildman–Crippen LogP) is 5.20. The minimum absolute atomic E-state index is 0.0242. The van der Waals surface area contributed by atoms with Gasteiger partial charge in [0, 0.05) is 42.8 Å². The van der Waals surface area contributed by atoms with Gasteiger partial charge in [-0.05, 0) is 55.3 Å². The number of ether oxygens (including phenoxy) is 4. The second-order valence-corrected chi connectivity index (χ2v) is 17.9. The topological polar surface area (TPSA) is 97.8 Å². The normalized spacial score (nSPS) is 23.2. The molecule has 3 aromatic rings. The van der Waals surface area contributed by atoms with Crippen molar-refractivity contribution < 1.29 is 33.6 Å². The van der Waals surface area contributed by atoms with Gasteiger partial charge in [0.05, 0.1) is 39.6 Å². The number of anilines is 2. The second kappa shape index (κ2) is 13.1. The molecule has 3 aromatic carbocycles. The summed E-state index contributed by atoms with van der Waals surface area (Å²) in [6, 6.07) is 21.4. The number of hydrogen-bond donors (Lipinski definition) is 1. The number of carbonyl (C=O) groups excluding carboxylic acids is 2. The Morgan fingerprint density at radius 3 is 2.54 bits per heavy atom. The van der Waals surface area contributed by atoms with Gasteiger partial charge in [0.15, 0.2) is 6.61 Å². The summed E-state index contributed by atoms with van der Waals surface area (Å²) in [5, 5.41) is 11.2. The Labute approximate surface area is 272 Å². The summed E-state index contributed by atoms with van der Waals surface area (Å²) < 4.78 is 24.2. The number of hydrogen-bond acceptors (Lipinski definition) is 7. The first-order valence-corrected chi connectivity index (χ1v) is 19.2. The van der Waals surface area contributed by atoms with Crippen LogP contribution in [0.3, 0.4) is 0 Å². The number of nitrogens with zero attached hydrogens (tertiary/aromatic N) is 2.